The van der Waals surface area contributed by atoms with Gasteiger partial charge in [-0.1, -0.05) is 15.9 Å². The Hall–Kier alpha value is -2.21. The lowest BCUT2D eigenvalue weighted by Gasteiger charge is -2.08. The van der Waals surface area contributed by atoms with E-state index in [0.717, 1.165) is 4.47 Å². The highest BCUT2D eigenvalue weighted by molar-refractivity contribution is 9.10. The first-order chi connectivity index (χ1) is 9.19. The maximum atomic E-state index is 11.8. The fourth-order valence-electron chi connectivity index (χ4n) is 1.41. The van der Waals surface area contributed by atoms with Crippen molar-refractivity contribution in [2.75, 3.05) is 5.43 Å². The fourth-order valence-corrected chi connectivity index (χ4v) is 1.67. The van der Waals surface area contributed by atoms with Gasteiger partial charge in [-0.25, -0.2) is 0 Å². The largest absolute Gasteiger partial charge is 0.298 e. The molecule has 0 spiro atoms. The zero-order valence-electron chi connectivity index (χ0n) is 9.76. The molecule has 2 aromatic rings. The maximum absolute atomic E-state index is 11.8. The molecule has 96 valence electrons. The average molecular weight is 320 g/mol. The van der Waals surface area contributed by atoms with Crippen LogP contribution in [0.2, 0.25) is 0 Å². The molecule has 0 aliphatic rings. The van der Waals surface area contributed by atoms with Gasteiger partial charge in [0, 0.05) is 10.0 Å². The second-order valence-corrected chi connectivity index (χ2v) is 4.64. The Kier molecular flexibility index (Phi) is 4.25. The normalized spacial score (nSPS) is 9.74. The van der Waals surface area contributed by atoms with E-state index in [9.17, 15) is 9.70 Å². The van der Waals surface area contributed by atoms with E-state index in [0.29, 0.717) is 16.9 Å². The third kappa shape index (κ3) is 3.62. The molecule has 0 aliphatic carbocycles. The summed E-state index contributed by atoms with van der Waals surface area (Å²) < 4.78 is 0.911. The number of nitrogens with zero attached hydrogens (tertiary/aromatic N) is 1. The molecule has 1 amide bonds. The number of hydrogen-bond acceptors (Lipinski definition) is 4. The quantitative estimate of drug-likeness (QED) is 0.668. The molecule has 0 saturated heterocycles. The Balaban J connectivity index is 1.96. The smallest absolute Gasteiger partial charge is 0.269 e. The lowest BCUT2D eigenvalue weighted by Crippen LogP contribution is -2.29. The van der Waals surface area contributed by atoms with E-state index in [-0.39, 0.29) is 5.91 Å². The van der Waals surface area contributed by atoms with E-state index in [1.54, 1.807) is 48.5 Å². The third-order valence-electron chi connectivity index (χ3n) is 2.40. The van der Waals surface area contributed by atoms with Crippen LogP contribution in [0.3, 0.4) is 0 Å². The van der Waals surface area contributed by atoms with Gasteiger partial charge in [0.25, 0.3) is 5.91 Å². The molecule has 19 heavy (non-hydrogen) atoms. The second kappa shape index (κ2) is 6.10. The highest BCUT2D eigenvalue weighted by Gasteiger charge is 2.04. The first kappa shape index (κ1) is 13.2. The molecule has 0 fully saturated rings. The van der Waals surface area contributed by atoms with Crippen LogP contribution in [0.1, 0.15) is 10.4 Å². The molecule has 6 heteroatoms. The van der Waals surface area contributed by atoms with Gasteiger partial charge in [-0.15, -0.1) is 4.91 Å². The molecule has 2 aromatic carbocycles. The van der Waals surface area contributed by atoms with Gasteiger partial charge in [0.1, 0.15) is 5.69 Å². The van der Waals surface area contributed by atoms with Crippen molar-refractivity contribution in [1.29, 1.82) is 0 Å². The van der Waals surface area contributed by atoms with E-state index in [4.69, 9.17) is 0 Å². The van der Waals surface area contributed by atoms with Gasteiger partial charge in [0.05, 0.1) is 5.69 Å². The highest BCUT2D eigenvalue weighted by atomic mass is 79.9. The predicted octanol–water partition coefficient (Wildman–Crippen LogP) is 3.60. The minimum absolute atomic E-state index is 0.245. The number of nitroso groups, excluding NO2 is 1. The van der Waals surface area contributed by atoms with Crippen molar-refractivity contribution >= 4 is 33.2 Å². The summed E-state index contributed by atoms with van der Waals surface area (Å²) in [6, 6.07) is 13.4. The second-order valence-electron chi connectivity index (χ2n) is 3.72. The molecule has 2 N–H and O–H groups in total. The number of carbonyl (C=O) groups excluding carboxylic acids is 1. The van der Waals surface area contributed by atoms with Crippen molar-refractivity contribution in [3.05, 3.63) is 63.5 Å². The Morgan fingerprint density at radius 2 is 1.63 bits per heavy atom. The zero-order chi connectivity index (χ0) is 13.7. The summed E-state index contributed by atoms with van der Waals surface area (Å²) in [7, 11) is 0. The van der Waals surface area contributed by atoms with Crippen LogP contribution in [0.4, 0.5) is 11.4 Å². The first-order valence-electron chi connectivity index (χ1n) is 5.44. The standard InChI is InChI=1S/C13H10BrN3O2/c14-10-3-1-9(2-4-10)13(18)16-15-11-5-7-12(17-19)8-6-11/h1-8,15H,(H,16,18). The number of amides is 1. The van der Waals surface area contributed by atoms with Crippen LogP contribution in [0.5, 0.6) is 0 Å². The summed E-state index contributed by atoms with van der Waals surface area (Å²) in [5.41, 5.74) is 6.86. The van der Waals surface area contributed by atoms with Crippen molar-refractivity contribution in [2.24, 2.45) is 5.18 Å². The number of nitrogens with one attached hydrogen (secondary N) is 2. The van der Waals surface area contributed by atoms with Crippen LogP contribution in [0.15, 0.2) is 58.2 Å². The number of benzene rings is 2. The Morgan fingerprint density at radius 3 is 2.21 bits per heavy atom. The lowest BCUT2D eigenvalue weighted by atomic mass is 10.2. The predicted molar refractivity (Wildman–Crippen MR) is 77.1 cm³/mol. The number of anilines is 1. The van der Waals surface area contributed by atoms with Gasteiger partial charge < -0.3 is 0 Å². The van der Waals surface area contributed by atoms with Crippen LogP contribution < -0.4 is 10.9 Å². The molecule has 0 aliphatic heterocycles. The number of hydrogen-bond donors (Lipinski definition) is 2. The van der Waals surface area contributed by atoms with Crippen LogP contribution in [0, 0.1) is 4.91 Å². The molecule has 0 bridgehead atoms. The Bertz CT molecular complexity index is 582. The molecule has 0 heterocycles. The Morgan fingerprint density at radius 1 is 1.00 bits per heavy atom. The Labute approximate surface area is 118 Å². The van der Waals surface area contributed by atoms with Crippen molar-refractivity contribution < 1.29 is 4.79 Å². The van der Waals surface area contributed by atoms with E-state index < -0.39 is 0 Å². The van der Waals surface area contributed by atoms with E-state index in [1.807, 2.05) is 0 Å². The molecule has 2 rings (SSSR count). The molecule has 0 unspecified atom stereocenters. The van der Waals surface area contributed by atoms with Crippen molar-refractivity contribution in [3.8, 4) is 0 Å². The summed E-state index contributed by atoms with van der Waals surface area (Å²) in [4.78, 5) is 22.0. The molecular weight excluding hydrogens is 310 g/mol. The van der Waals surface area contributed by atoms with Gasteiger partial charge >= 0.3 is 0 Å². The number of hydrazine groups is 1. The molecule has 0 saturated carbocycles. The van der Waals surface area contributed by atoms with Crippen molar-refractivity contribution in [3.63, 3.8) is 0 Å². The zero-order valence-corrected chi connectivity index (χ0v) is 11.3. The molecule has 0 radical (unpaired) electrons. The van der Waals surface area contributed by atoms with Crippen LogP contribution >= 0.6 is 15.9 Å². The van der Waals surface area contributed by atoms with Gasteiger partial charge in [-0.2, -0.15) is 0 Å². The third-order valence-corrected chi connectivity index (χ3v) is 2.93. The number of carbonyl (C=O) groups is 1. The minimum Gasteiger partial charge on any atom is -0.298 e. The highest BCUT2D eigenvalue weighted by Crippen LogP contribution is 2.15. The van der Waals surface area contributed by atoms with Gasteiger partial charge in [-0.05, 0) is 53.7 Å². The lowest BCUT2D eigenvalue weighted by molar-refractivity contribution is 0.0962. The van der Waals surface area contributed by atoms with Crippen LogP contribution in [-0.2, 0) is 0 Å². The van der Waals surface area contributed by atoms with Gasteiger partial charge in [0.15, 0.2) is 0 Å². The summed E-state index contributed by atoms with van der Waals surface area (Å²) in [6.45, 7) is 0. The van der Waals surface area contributed by atoms with E-state index >= 15 is 0 Å². The first-order valence-corrected chi connectivity index (χ1v) is 6.24. The van der Waals surface area contributed by atoms with Gasteiger partial charge in [-0.3, -0.25) is 15.6 Å². The molecular formula is C13H10BrN3O2. The summed E-state index contributed by atoms with van der Waals surface area (Å²) in [5.74, 6) is -0.245. The average Bonchev–Trinajstić information content (AvgIpc) is 2.46. The topological polar surface area (TPSA) is 70.6 Å². The van der Waals surface area contributed by atoms with Crippen molar-refractivity contribution in [1.82, 2.24) is 5.43 Å². The SMILES string of the molecule is O=Nc1ccc(NNC(=O)c2ccc(Br)cc2)cc1. The van der Waals surface area contributed by atoms with E-state index in [1.165, 1.54) is 0 Å². The number of rotatable bonds is 4. The fraction of sp³-hybridized carbons (Fsp3) is 0. The van der Waals surface area contributed by atoms with Crippen molar-refractivity contribution in [2.45, 2.75) is 0 Å². The maximum Gasteiger partial charge on any atom is 0.269 e. The molecule has 0 aromatic heterocycles. The molecule has 5 nitrogen and oxygen atoms in total. The number of halogens is 1. The monoisotopic (exact) mass is 319 g/mol. The summed E-state index contributed by atoms with van der Waals surface area (Å²) >= 11 is 3.30. The van der Waals surface area contributed by atoms with Gasteiger partial charge in [0.2, 0.25) is 0 Å². The molecule has 0 atom stereocenters. The van der Waals surface area contributed by atoms with Crippen LogP contribution in [-0.4, -0.2) is 5.91 Å². The van der Waals surface area contributed by atoms with Crippen LogP contribution in [0.25, 0.3) is 0 Å². The summed E-state index contributed by atoms with van der Waals surface area (Å²) in [5, 5.41) is 2.79. The summed E-state index contributed by atoms with van der Waals surface area (Å²) in [6.07, 6.45) is 0. The minimum atomic E-state index is -0.245. The van der Waals surface area contributed by atoms with E-state index in [2.05, 4.69) is 32.0 Å².